The molecule has 1 saturated carbocycles. The first-order valence-corrected chi connectivity index (χ1v) is 15.5. The van der Waals surface area contributed by atoms with Crippen LogP contribution in [0.4, 0.5) is 0 Å². The standard InChI is InChI=1S/C30H54N2O10/c1-15(2)9-10-20(41-29-27(37)25(31)26(36)17(5)40-29)12-23-24(28(38)32-18-7-6-8-19(33)11-18)22(35)14-30(39,42-23)13-21(34)16(3)4/h9-10,15-27,29,33-37,39H,6-8,11-14,31H2,1-5H3,(H,32,38)/b10-9+/t17?,18-,19+,20+,21-,22+,23+,24?,25?,26?,27?,29?,30-/m1/s1. The minimum atomic E-state index is -1.90. The van der Waals surface area contributed by atoms with Crippen LogP contribution in [-0.4, -0.2) is 110 Å². The summed E-state index contributed by atoms with van der Waals surface area (Å²) in [5, 5.41) is 67.2. The lowest BCUT2D eigenvalue weighted by Gasteiger charge is -2.46. The van der Waals surface area contributed by atoms with Gasteiger partial charge in [0, 0.05) is 25.3 Å². The quantitative estimate of drug-likeness (QED) is 0.148. The molecule has 0 aromatic heterocycles. The molecule has 2 aliphatic heterocycles. The molecular weight excluding hydrogens is 548 g/mol. The van der Waals surface area contributed by atoms with Crippen LogP contribution >= 0.6 is 0 Å². The summed E-state index contributed by atoms with van der Waals surface area (Å²) in [6, 6.07) is -1.26. The molecule has 3 fully saturated rings. The number of nitrogens with two attached hydrogens (primary N) is 1. The fourth-order valence-corrected chi connectivity index (χ4v) is 6.04. The van der Waals surface area contributed by atoms with Gasteiger partial charge in [-0.25, -0.2) is 0 Å². The molecule has 13 atom stereocenters. The molecule has 42 heavy (non-hydrogen) atoms. The normalized spacial score (nSPS) is 41.3. The number of hydrogen-bond acceptors (Lipinski definition) is 11. The maximum atomic E-state index is 13.6. The Kier molecular flexibility index (Phi) is 12.8. The van der Waals surface area contributed by atoms with Crippen molar-refractivity contribution in [2.24, 2.45) is 23.5 Å². The van der Waals surface area contributed by atoms with Gasteiger partial charge in [-0.05, 0) is 44.4 Å². The number of aliphatic hydroxyl groups is 6. The van der Waals surface area contributed by atoms with E-state index in [1.54, 1.807) is 26.8 Å². The summed E-state index contributed by atoms with van der Waals surface area (Å²) in [5.41, 5.74) is 6.01. The van der Waals surface area contributed by atoms with Crippen LogP contribution in [0.3, 0.4) is 0 Å². The zero-order valence-electron chi connectivity index (χ0n) is 25.6. The predicted molar refractivity (Wildman–Crippen MR) is 154 cm³/mol. The molecule has 244 valence electrons. The number of carbonyl (C=O) groups is 1. The summed E-state index contributed by atoms with van der Waals surface area (Å²) in [6.45, 7) is 9.16. The van der Waals surface area contributed by atoms with Gasteiger partial charge >= 0.3 is 0 Å². The third-order valence-electron chi connectivity index (χ3n) is 8.69. The number of nitrogens with one attached hydrogen (secondary N) is 1. The lowest BCUT2D eigenvalue weighted by Crippen LogP contribution is -2.62. The van der Waals surface area contributed by atoms with E-state index in [0.29, 0.717) is 19.3 Å². The molecule has 12 nitrogen and oxygen atoms in total. The number of aliphatic hydroxyl groups excluding tert-OH is 5. The molecule has 3 rings (SSSR count). The van der Waals surface area contributed by atoms with E-state index in [2.05, 4.69) is 5.32 Å². The van der Waals surface area contributed by atoms with Gasteiger partial charge in [0.2, 0.25) is 5.91 Å². The number of rotatable bonds is 11. The average molecular weight is 603 g/mol. The summed E-state index contributed by atoms with van der Waals surface area (Å²) in [6.07, 6.45) is -3.16. The first kappa shape index (κ1) is 35.3. The van der Waals surface area contributed by atoms with Gasteiger partial charge < -0.3 is 55.9 Å². The lowest BCUT2D eigenvalue weighted by molar-refractivity contribution is -0.307. The molecule has 1 amide bonds. The molecule has 2 heterocycles. The van der Waals surface area contributed by atoms with Crippen molar-refractivity contribution in [3.05, 3.63) is 12.2 Å². The number of carbonyl (C=O) groups excluding carboxylic acids is 1. The topological polar surface area (TPSA) is 204 Å². The Morgan fingerprint density at radius 1 is 1.12 bits per heavy atom. The maximum absolute atomic E-state index is 13.6. The number of ether oxygens (including phenoxy) is 3. The van der Waals surface area contributed by atoms with E-state index in [9.17, 15) is 35.4 Å². The largest absolute Gasteiger partial charge is 0.393 e. The molecule has 12 heteroatoms. The monoisotopic (exact) mass is 602 g/mol. The average Bonchev–Trinajstić information content (AvgIpc) is 2.88. The zero-order chi connectivity index (χ0) is 31.4. The molecule has 0 spiro atoms. The van der Waals surface area contributed by atoms with Crippen molar-refractivity contribution in [2.75, 3.05) is 0 Å². The molecule has 2 saturated heterocycles. The molecule has 6 unspecified atom stereocenters. The van der Waals surface area contributed by atoms with Crippen LogP contribution in [0.15, 0.2) is 12.2 Å². The summed E-state index contributed by atoms with van der Waals surface area (Å²) >= 11 is 0. The Bertz CT molecular complexity index is 890. The van der Waals surface area contributed by atoms with Crippen molar-refractivity contribution in [2.45, 2.75) is 153 Å². The van der Waals surface area contributed by atoms with Crippen LogP contribution in [0.5, 0.6) is 0 Å². The molecule has 0 aromatic carbocycles. The van der Waals surface area contributed by atoms with Crippen molar-refractivity contribution in [1.82, 2.24) is 5.32 Å². The molecule has 3 aliphatic rings. The third kappa shape index (κ3) is 9.40. The fraction of sp³-hybridized carbons (Fsp3) is 0.900. The molecular formula is C30H54N2O10. The summed E-state index contributed by atoms with van der Waals surface area (Å²) in [7, 11) is 0. The van der Waals surface area contributed by atoms with Gasteiger partial charge in [0.1, 0.15) is 6.10 Å². The minimum absolute atomic E-state index is 0.00943. The third-order valence-corrected chi connectivity index (χ3v) is 8.69. The lowest BCUT2D eigenvalue weighted by atomic mass is 9.81. The Morgan fingerprint density at radius 3 is 2.43 bits per heavy atom. The van der Waals surface area contributed by atoms with Crippen molar-refractivity contribution < 1.29 is 49.6 Å². The van der Waals surface area contributed by atoms with Gasteiger partial charge in [-0.3, -0.25) is 4.79 Å². The van der Waals surface area contributed by atoms with E-state index in [1.807, 2.05) is 19.9 Å². The Morgan fingerprint density at radius 2 is 1.81 bits per heavy atom. The van der Waals surface area contributed by atoms with E-state index >= 15 is 0 Å². The second-order valence-corrected chi connectivity index (χ2v) is 13.2. The van der Waals surface area contributed by atoms with Crippen LogP contribution in [0.2, 0.25) is 0 Å². The Balaban J connectivity index is 1.88. The van der Waals surface area contributed by atoms with E-state index in [0.717, 1.165) is 6.42 Å². The van der Waals surface area contributed by atoms with E-state index in [4.69, 9.17) is 19.9 Å². The highest BCUT2D eigenvalue weighted by Gasteiger charge is 2.51. The van der Waals surface area contributed by atoms with Gasteiger partial charge in [0.25, 0.3) is 0 Å². The van der Waals surface area contributed by atoms with Gasteiger partial charge in [0.05, 0.1) is 54.7 Å². The summed E-state index contributed by atoms with van der Waals surface area (Å²) in [4.78, 5) is 13.6. The number of allylic oxidation sites excluding steroid dienone is 1. The summed E-state index contributed by atoms with van der Waals surface area (Å²) in [5.74, 6) is -3.50. The van der Waals surface area contributed by atoms with E-state index < -0.39 is 78.8 Å². The summed E-state index contributed by atoms with van der Waals surface area (Å²) < 4.78 is 18.0. The van der Waals surface area contributed by atoms with Gasteiger partial charge in [0.15, 0.2) is 12.1 Å². The highest BCUT2D eigenvalue weighted by molar-refractivity contribution is 5.80. The molecule has 1 aliphatic carbocycles. The first-order chi connectivity index (χ1) is 19.6. The van der Waals surface area contributed by atoms with Gasteiger partial charge in [-0.15, -0.1) is 0 Å². The second kappa shape index (κ2) is 15.2. The van der Waals surface area contributed by atoms with Crippen LogP contribution in [-0.2, 0) is 19.0 Å². The predicted octanol–water partition coefficient (Wildman–Crippen LogP) is 0.0491. The number of hydrogen-bond donors (Lipinski definition) is 8. The smallest absolute Gasteiger partial charge is 0.228 e. The SMILES string of the molecule is CC(C)/C=C/[C@@H](C[C@@H]1O[C@](O)(C[C@@H](O)C(C)C)C[C@H](O)C1C(=O)N[C@@H]1CCC[C@H](O)C1)OC1OC(C)C(O)C(N)C1O. The molecule has 0 bridgehead atoms. The Hall–Kier alpha value is -1.19. The van der Waals surface area contributed by atoms with Crippen molar-refractivity contribution in [3.63, 3.8) is 0 Å². The highest BCUT2D eigenvalue weighted by Crippen LogP contribution is 2.38. The molecule has 9 N–H and O–H groups in total. The first-order valence-electron chi connectivity index (χ1n) is 15.5. The van der Waals surface area contributed by atoms with Crippen molar-refractivity contribution >= 4 is 5.91 Å². The van der Waals surface area contributed by atoms with Gasteiger partial charge in [-0.1, -0.05) is 39.8 Å². The highest BCUT2D eigenvalue weighted by atomic mass is 16.7. The van der Waals surface area contributed by atoms with Crippen molar-refractivity contribution in [1.29, 1.82) is 0 Å². The van der Waals surface area contributed by atoms with Crippen LogP contribution in [0.1, 0.15) is 79.6 Å². The van der Waals surface area contributed by atoms with Crippen LogP contribution < -0.4 is 11.1 Å². The minimum Gasteiger partial charge on any atom is -0.393 e. The van der Waals surface area contributed by atoms with Gasteiger partial charge in [-0.2, -0.15) is 0 Å². The van der Waals surface area contributed by atoms with E-state index in [1.165, 1.54) is 0 Å². The number of amides is 1. The van der Waals surface area contributed by atoms with Crippen molar-refractivity contribution in [3.8, 4) is 0 Å². The molecule has 0 aromatic rings. The fourth-order valence-electron chi connectivity index (χ4n) is 6.04. The Labute approximate surface area is 249 Å². The van der Waals surface area contributed by atoms with Crippen LogP contribution in [0.25, 0.3) is 0 Å². The molecule has 0 radical (unpaired) electrons. The van der Waals surface area contributed by atoms with Crippen LogP contribution in [0, 0.1) is 17.8 Å². The zero-order valence-corrected chi connectivity index (χ0v) is 25.6. The van der Waals surface area contributed by atoms with E-state index in [-0.39, 0.29) is 37.1 Å². The second-order valence-electron chi connectivity index (χ2n) is 13.2. The maximum Gasteiger partial charge on any atom is 0.228 e.